The number of benzene rings is 2. The number of hydrogen-bond acceptors (Lipinski definition) is 2. The first-order chi connectivity index (χ1) is 10.1. The number of ether oxygens (including phenoxy) is 2. The fraction of sp³-hybridized carbons (Fsp3) is 0.200. The smallest absolute Gasteiger partial charge is 0.162 e. The molecule has 110 valence electrons. The summed E-state index contributed by atoms with van der Waals surface area (Å²) < 4.78 is 24.2. The van der Waals surface area contributed by atoms with Gasteiger partial charge in [0, 0.05) is 11.1 Å². The summed E-state index contributed by atoms with van der Waals surface area (Å²) in [6.45, 7) is 0.962. The molecule has 2 aromatic rings. The SMILES string of the molecule is Fc1ccc(C(Cl)c2cc3c(cc2Cl)OCCO3)cc1Cl. The molecule has 0 aliphatic carbocycles. The van der Waals surface area contributed by atoms with Crippen LogP contribution < -0.4 is 9.47 Å². The fourth-order valence-corrected chi connectivity index (χ4v) is 2.95. The number of alkyl halides is 1. The lowest BCUT2D eigenvalue weighted by Gasteiger charge is -2.21. The topological polar surface area (TPSA) is 18.5 Å². The Labute approximate surface area is 136 Å². The first-order valence-electron chi connectivity index (χ1n) is 6.24. The number of halogens is 4. The van der Waals surface area contributed by atoms with Crippen LogP contribution in [0.25, 0.3) is 0 Å². The van der Waals surface area contributed by atoms with Crippen LogP contribution in [0.1, 0.15) is 16.5 Å². The Kier molecular flexibility index (Phi) is 4.16. The van der Waals surface area contributed by atoms with Gasteiger partial charge in [-0.25, -0.2) is 4.39 Å². The Morgan fingerprint density at radius 2 is 1.62 bits per heavy atom. The van der Waals surface area contributed by atoms with E-state index >= 15 is 0 Å². The first-order valence-corrected chi connectivity index (χ1v) is 7.43. The zero-order chi connectivity index (χ0) is 15.0. The third-order valence-corrected chi connectivity index (χ3v) is 4.27. The Hall–Kier alpha value is -1.16. The fourth-order valence-electron chi connectivity index (χ4n) is 2.12. The van der Waals surface area contributed by atoms with E-state index in [1.807, 2.05) is 0 Å². The van der Waals surface area contributed by atoms with Crippen LogP contribution in [0.15, 0.2) is 30.3 Å². The predicted octanol–water partition coefficient (Wildman–Crippen LogP) is 5.23. The molecule has 1 unspecified atom stereocenters. The average Bonchev–Trinajstić information content (AvgIpc) is 2.48. The molecule has 0 radical (unpaired) electrons. The van der Waals surface area contributed by atoms with Gasteiger partial charge in [0.2, 0.25) is 0 Å². The van der Waals surface area contributed by atoms with Crippen LogP contribution in [0.2, 0.25) is 10.0 Å². The maximum atomic E-state index is 13.2. The van der Waals surface area contributed by atoms with Crippen LogP contribution in [0.5, 0.6) is 11.5 Å². The van der Waals surface area contributed by atoms with Gasteiger partial charge >= 0.3 is 0 Å². The molecule has 1 atom stereocenters. The van der Waals surface area contributed by atoms with E-state index in [9.17, 15) is 4.39 Å². The van der Waals surface area contributed by atoms with Crippen molar-refractivity contribution in [1.82, 2.24) is 0 Å². The molecule has 0 fully saturated rings. The van der Waals surface area contributed by atoms with Crippen LogP contribution in [0.4, 0.5) is 4.39 Å². The number of fused-ring (bicyclic) bond motifs is 1. The van der Waals surface area contributed by atoms with E-state index in [2.05, 4.69) is 0 Å². The molecule has 1 aliphatic heterocycles. The first kappa shape index (κ1) is 14.8. The lowest BCUT2D eigenvalue weighted by molar-refractivity contribution is 0.171. The molecule has 21 heavy (non-hydrogen) atoms. The van der Waals surface area contributed by atoms with Gasteiger partial charge in [-0.05, 0) is 29.3 Å². The maximum Gasteiger partial charge on any atom is 0.162 e. The van der Waals surface area contributed by atoms with Gasteiger partial charge in [-0.3, -0.25) is 0 Å². The monoisotopic (exact) mass is 346 g/mol. The predicted molar refractivity (Wildman–Crippen MR) is 81.5 cm³/mol. The van der Waals surface area contributed by atoms with Gasteiger partial charge in [0.05, 0.1) is 10.4 Å². The van der Waals surface area contributed by atoms with Crippen LogP contribution in [-0.4, -0.2) is 13.2 Å². The van der Waals surface area contributed by atoms with E-state index in [0.717, 1.165) is 0 Å². The minimum absolute atomic E-state index is 0.0202. The van der Waals surface area contributed by atoms with Crippen molar-refractivity contribution in [2.45, 2.75) is 5.38 Å². The zero-order valence-corrected chi connectivity index (χ0v) is 13.0. The van der Waals surface area contributed by atoms with Gasteiger partial charge in [0.1, 0.15) is 19.0 Å². The molecule has 2 nitrogen and oxygen atoms in total. The van der Waals surface area contributed by atoms with Crippen molar-refractivity contribution in [2.24, 2.45) is 0 Å². The normalized spacial score (nSPS) is 14.9. The zero-order valence-electron chi connectivity index (χ0n) is 10.7. The van der Waals surface area contributed by atoms with Gasteiger partial charge in [-0.2, -0.15) is 0 Å². The lowest BCUT2D eigenvalue weighted by Crippen LogP contribution is -2.15. The molecule has 0 N–H and O–H groups in total. The summed E-state index contributed by atoms with van der Waals surface area (Å²) in [5, 5.41) is -0.0852. The van der Waals surface area contributed by atoms with E-state index in [-0.39, 0.29) is 5.02 Å². The summed E-state index contributed by atoms with van der Waals surface area (Å²) in [5.41, 5.74) is 1.31. The van der Waals surface area contributed by atoms with Gasteiger partial charge < -0.3 is 9.47 Å². The number of hydrogen-bond donors (Lipinski definition) is 0. The second-order valence-corrected chi connectivity index (χ2v) is 5.80. The van der Waals surface area contributed by atoms with Crippen LogP contribution in [-0.2, 0) is 0 Å². The van der Waals surface area contributed by atoms with Crippen LogP contribution in [0.3, 0.4) is 0 Å². The molecule has 0 bridgehead atoms. The minimum Gasteiger partial charge on any atom is -0.486 e. The van der Waals surface area contributed by atoms with Crippen molar-refractivity contribution in [1.29, 1.82) is 0 Å². The molecule has 3 rings (SSSR count). The number of rotatable bonds is 2. The largest absolute Gasteiger partial charge is 0.486 e. The highest BCUT2D eigenvalue weighted by atomic mass is 35.5. The summed E-state index contributed by atoms with van der Waals surface area (Å²) in [6.07, 6.45) is 0. The molecule has 6 heteroatoms. The molecule has 0 amide bonds. The van der Waals surface area contributed by atoms with E-state index in [1.54, 1.807) is 18.2 Å². The third-order valence-electron chi connectivity index (χ3n) is 3.17. The molecule has 0 spiro atoms. The van der Waals surface area contributed by atoms with Gasteiger partial charge in [0.25, 0.3) is 0 Å². The van der Waals surface area contributed by atoms with Crippen molar-refractivity contribution in [2.75, 3.05) is 13.2 Å². The quantitative estimate of drug-likeness (QED) is 0.692. The molecule has 2 aromatic carbocycles. The second kappa shape index (κ2) is 5.91. The summed E-state index contributed by atoms with van der Waals surface area (Å²) in [7, 11) is 0. The van der Waals surface area contributed by atoms with Crippen molar-refractivity contribution in [3.8, 4) is 11.5 Å². The highest BCUT2D eigenvalue weighted by Crippen LogP contribution is 2.42. The maximum absolute atomic E-state index is 13.2. The highest BCUT2D eigenvalue weighted by Gasteiger charge is 2.21. The molecule has 1 heterocycles. The summed E-state index contributed by atoms with van der Waals surface area (Å²) >= 11 is 18.5. The Morgan fingerprint density at radius 1 is 0.952 bits per heavy atom. The van der Waals surface area contributed by atoms with E-state index < -0.39 is 11.2 Å². The third kappa shape index (κ3) is 2.91. The van der Waals surface area contributed by atoms with E-state index in [4.69, 9.17) is 44.3 Å². The van der Waals surface area contributed by atoms with Crippen LogP contribution >= 0.6 is 34.8 Å². The lowest BCUT2D eigenvalue weighted by atomic mass is 10.0. The summed E-state index contributed by atoms with van der Waals surface area (Å²) in [5.74, 6) is 0.702. The van der Waals surface area contributed by atoms with E-state index in [1.165, 1.54) is 12.1 Å². The Balaban J connectivity index is 2.00. The molecule has 0 saturated carbocycles. The van der Waals surface area contributed by atoms with E-state index in [0.29, 0.717) is 40.9 Å². The standard InChI is InChI=1S/C15H10Cl3FO2/c16-10-7-14-13(20-3-4-21-14)6-9(10)15(18)8-1-2-12(19)11(17)5-8/h1-2,5-7,15H,3-4H2. The summed E-state index contributed by atoms with van der Waals surface area (Å²) in [4.78, 5) is 0. The highest BCUT2D eigenvalue weighted by molar-refractivity contribution is 6.33. The molecular weight excluding hydrogens is 338 g/mol. The van der Waals surface area contributed by atoms with Crippen molar-refractivity contribution in [3.05, 3.63) is 57.3 Å². The van der Waals surface area contributed by atoms with Crippen molar-refractivity contribution >= 4 is 34.8 Å². The second-order valence-electron chi connectivity index (χ2n) is 4.55. The Bertz CT molecular complexity index is 691. The van der Waals surface area contributed by atoms with Gasteiger partial charge in [-0.15, -0.1) is 11.6 Å². The van der Waals surface area contributed by atoms with Crippen LogP contribution in [0, 0.1) is 5.82 Å². The molecule has 0 aromatic heterocycles. The molecular formula is C15H10Cl3FO2. The van der Waals surface area contributed by atoms with Gasteiger partial charge in [0.15, 0.2) is 11.5 Å². The Morgan fingerprint density at radius 3 is 2.29 bits per heavy atom. The summed E-state index contributed by atoms with van der Waals surface area (Å²) in [6, 6.07) is 7.75. The molecule has 1 aliphatic rings. The van der Waals surface area contributed by atoms with Crippen molar-refractivity contribution < 1.29 is 13.9 Å². The molecule has 0 saturated heterocycles. The van der Waals surface area contributed by atoms with Gasteiger partial charge in [-0.1, -0.05) is 29.3 Å². The minimum atomic E-state index is -0.563. The van der Waals surface area contributed by atoms with Crippen molar-refractivity contribution in [3.63, 3.8) is 0 Å². The average molecular weight is 348 g/mol.